The molecule has 0 aliphatic heterocycles. The van der Waals surface area contributed by atoms with Gasteiger partial charge in [0.1, 0.15) is 12.4 Å². The number of hydrogen-bond acceptors (Lipinski definition) is 8. The SMILES string of the molecule is COc1cc(/C=C/C(=O)OCc2cccc(OCc3c(-c4ccccc4)no[n+]3[O-])c2)ccc1O. The van der Waals surface area contributed by atoms with Gasteiger partial charge in [-0.05, 0) is 46.4 Å². The van der Waals surface area contributed by atoms with Gasteiger partial charge in [0.25, 0.3) is 5.69 Å². The Morgan fingerprint density at radius 3 is 2.71 bits per heavy atom. The van der Waals surface area contributed by atoms with Crippen molar-refractivity contribution in [3.8, 4) is 28.5 Å². The highest BCUT2D eigenvalue weighted by atomic mass is 16.8. The summed E-state index contributed by atoms with van der Waals surface area (Å²) in [6, 6.07) is 20.9. The first kappa shape index (κ1) is 23.4. The number of methoxy groups -OCH3 is 1. The van der Waals surface area contributed by atoms with Crippen LogP contribution in [-0.2, 0) is 22.7 Å². The minimum atomic E-state index is -0.535. The normalized spacial score (nSPS) is 10.9. The maximum atomic E-state index is 12.1. The van der Waals surface area contributed by atoms with Crippen LogP contribution in [0.3, 0.4) is 0 Å². The van der Waals surface area contributed by atoms with Crippen molar-refractivity contribution in [2.45, 2.75) is 13.2 Å². The number of nitrogens with zero attached hydrogens (tertiary/aromatic N) is 2. The zero-order chi connectivity index (χ0) is 24.6. The van der Waals surface area contributed by atoms with Crippen LogP contribution >= 0.6 is 0 Å². The fourth-order valence-electron chi connectivity index (χ4n) is 3.24. The average Bonchev–Trinajstić information content (AvgIpc) is 3.26. The van der Waals surface area contributed by atoms with E-state index in [4.69, 9.17) is 18.8 Å². The van der Waals surface area contributed by atoms with Gasteiger partial charge in [-0.15, -0.1) is 0 Å². The van der Waals surface area contributed by atoms with Crippen LogP contribution in [0.15, 0.2) is 83.5 Å². The molecule has 9 heteroatoms. The highest BCUT2D eigenvalue weighted by Gasteiger charge is 2.21. The van der Waals surface area contributed by atoms with Crippen molar-refractivity contribution in [2.75, 3.05) is 7.11 Å². The van der Waals surface area contributed by atoms with E-state index in [-0.39, 0.29) is 24.7 Å². The Balaban J connectivity index is 1.35. The molecule has 0 aliphatic carbocycles. The topological polar surface area (TPSA) is 118 Å². The first-order chi connectivity index (χ1) is 17.0. The maximum Gasteiger partial charge on any atom is 0.331 e. The highest BCUT2D eigenvalue weighted by molar-refractivity contribution is 5.87. The number of rotatable bonds is 9. The Bertz CT molecular complexity index is 1330. The molecular weight excluding hydrogens is 452 g/mol. The number of hydrogen-bond donors (Lipinski definition) is 1. The Kier molecular flexibility index (Phi) is 7.27. The van der Waals surface area contributed by atoms with Crippen molar-refractivity contribution in [3.05, 3.63) is 101 Å². The molecule has 0 atom stereocenters. The predicted octanol–water partition coefficient (Wildman–Crippen LogP) is 4.02. The van der Waals surface area contributed by atoms with E-state index in [1.54, 1.807) is 42.5 Å². The summed E-state index contributed by atoms with van der Waals surface area (Å²) in [4.78, 5) is 12.4. The average molecular weight is 474 g/mol. The van der Waals surface area contributed by atoms with Crippen molar-refractivity contribution in [1.82, 2.24) is 5.16 Å². The summed E-state index contributed by atoms with van der Waals surface area (Å²) in [7, 11) is 1.45. The molecule has 0 unspecified atom stereocenters. The van der Waals surface area contributed by atoms with Crippen LogP contribution < -0.4 is 14.4 Å². The lowest BCUT2D eigenvalue weighted by atomic mass is 10.1. The fraction of sp³-hybridized carbons (Fsp3) is 0.115. The molecule has 0 saturated heterocycles. The van der Waals surface area contributed by atoms with Gasteiger partial charge in [0.2, 0.25) is 5.69 Å². The van der Waals surface area contributed by atoms with Gasteiger partial charge in [0.15, 0.2) is 18.1 Å². The lowest BCUT2D eigenvalue weighted by molar-refractivity contribution is -0.808. The third-order valence-electron chi connectivity index (χ3n) is 5.02. The number of phenols is 1. The number of ether oxygens (including phenoxy) is 3. The summed E-state index contributed by atoms with van der Waals surface area (Å²) >= 11 is 0. The van der Waals surface area contributed by atoms with Gasteiger partial charge in [0, 0.05) is 16.8 Å². The minimum absolute atomic E-state index is 0.0136. The molecule has 4 rings (SSSR count). The molecule has 0 spiro atoms. The standard InChI is InChI=1S/C26H22N2O7/c1-32-24-15-18(10-12-23(24)29)11-13-25(30)34-16-19-6-5-9-21(14-19)33-17-22-26(27-35-28(22)31)20-7-3-2-4-8-20/h2-15,29H,16-17H2,1H3/b13-11+. The zero-order valence-corrected chi connectivity index (χ0v) is 18.8. The number of aromatic hydroxyl groups is 1. The van der Waals surface area contributed by atoms with Gasteiger partial charge in [0.05, 0.1) is 7.11 Å². The molecule has 35 heavy (non-hydrogen) atoms. The number of benzene rings is 3. The Morgan fingerprint density at radius 1 is 1.09 bits per heavy atom. The van der Waals surface area contributed by atoms with Crippen molar-refractivity contribution in [3.63, 3.8) is 0 Å². The molecular formula is C26H22N2O7. The molecule has 1 aromatic heterocycles. The van der Waals surface area contributed by atoms with E-state index in [2.05, 4.69) is 5.16 Å². The van der Waals surface area contributed by atoms with E-state index in [0.717, 1.165) is 5.56 Å². The van der Waals surface area contributed by atoms with Gasteiger partial charge in [-0.25, -0.2) is 4.79 Å². The molecule has 0 bridgehead atoms. The zero-order valence-electron chi connectivity index (χ0n) is 18.8. The molecule has 3 aromatic carbocycles. The van der Waals surface area contributed by atoms with Gasteiger partial charge in [-0.2, -0.15) is 0 Å². The van der Waals surface area contributed by atoms with E-state index in [1.807, 2.05) is 30.3 Å². The lowest BCUT2D eigenvalue weighted by Crippen LogP contribution is -2.29. The minimum Gasteiger partial charge on any atom is -0.504 e. The van der Waals surface area contributed by atoms with E-state index in [1.165, 1.54) is 19.3 Å². The lowest BCUT2D eigenvalue weighted by Gasteiger charge is -2.07. The summed E-state index contributed by atoms with van der Waals surface area (Å²) in [6.07, 6.45) is 2.85. The van der Waals surface area contributed by atoms with Crippen LogP contribution in [0.5, 0.6) is 17.2 Å². The largest absolute Gasteiger partial charge is 0.504 e. The first-order valence-corrected chi connectivity index (χ1v) is 10.6. The van der Waals surface area contributed by atoms with Crippen LogP contribution in [-0.4, -0.2) is 23.3 Å². The van der Waals surface area contributed by atoms with Crippen LogP contribution in [0.25, 0.3) is 17.3 Å². The van der Waals surface area contributed by atoms with Gasteiger partial charge >= 0.3 is 5.97 Å². The molecule has 1 heterocycles. The van der Waals surface area contributed by atoms with Crippen LogP contribution in [0, 0.1) is 5.21 Å². The number of aromatic nitrogens is 2. The summed E-state index contributed by atoms with van der Waals surface area (Å²) in [5.41, 5.74) is 2.77. The summed E-state index contributed by atoms with van der Waals surface area (Å²) in [5, 5.41) is 25.5. The molecule has 9 nitrogen and oxygen atoms in total. The van der Waals surface area contributed by atoms with E-state index in [9.17, 15) is 15.1 Å². The smallest absolute Gasteiger partial charge is 0.331 e. The number of esters is 1. The van der Waals surface area contributed by atoms with Crippen molar-refractivity contribution in [2.24, 2.45) is 0 Å². The predicted molar refractivity (Wildman–Crippen MR) is 125 cm³/mol. The molecule has 0 saturated carbocycles. The Labute approximate surface area is 200 Å². The number of carbonyl (C=O) groups is 1. The summed E-state index contributed by atoms with van der Waals surface area (Å²) in [5.74, 6) is 0.278. The van der Waals surface area contributed by atoms with Crippen molar-refractivity contribution >= 4 is 12.0 Å². The molecule has 0 radical (unpaired) electrons. The quantitative estimate of drug-likeness (QED) is 0.220. The maximum absolute atomic E-state index is 12.1. The van der Waals surface area contributed by atoms with Crippen LogP contribution in [0.1, 0.15) is 16.8 Å². The molecule has 178 valence electrons. The highest BCUT2D eigenvalue weighted by Crippen LogP contribution is 2.27. The van der Waals surface area contributed by atoms with Crippen molar-refractivity contribution < 1.29 is 33.6 Å². The van der Waals surface area contributed by atoms with Gasteiger partial charge < -0.3 is 24.5 Å². The molecule has 0 amide bonds. The monoisotopic (exact) mass is 474 g/mol. The van der Waals surface area contributed by atoms with E-state index < -0.39 is 5.97 Å². The number of phenolic OH excluding ortho intramolecular Hbond substituents is 1. The van der Waals surface area contributed by atoms with Crippen LogP contribution in [0.4, 0.5) is 0 Å². The van der Waals surface area contributed by atoms with Gasteiger partial charge in [-0.1, -0.05) is 48.5 Å². The third-order valence-corrected chi connectivity index (χ3v) is 5.02. The van der Waals surface area contributed by atoms with E-state index in [0.29, 0.717) is 33.2 Å². The second kappa shape index (κ2) is 10.9. The second-order valence-corrected chi connectivity index (χ2v) is 7.40. The third kappa shape index (κ3) is 5.97. The van der Waals surface area contributed by atoms with Gasteiger partial charge in [-0.3, -0.25) is 4.63 Å². The fourth-order valence-corrected chi connectivity index (χ4v) is 3.24. The Morgan fingerprint density at radius 2 is 1.91 bits per heavy atom. The molecule has 1 N–H and O–H groups in total. The van der Waals surface area contributed by atoms with Crippen LogP contribution in [0.2, 0.25) is 0 Å². The molecule has 0 fully saturated rings. The number of carbonyl (C=O) groups excluding carboxylic acids is 1. The first-order valence-electron chi connectivity index (χ1n) is 10.6. The van der Waals surface area contributed by atoms with E-state index >= 15 is 0 Å². The summed E-state index contributed by atoms with van der Waals surface area (Å²) < 4.78 is 20.9. The van der Waals surface area contributed by atoms with Crippen molar-refractivity contribution in [1.29, 1.82) is 0 Å². The summed E-state index contributed by atoms with van der Waals surface area (Å²) in [6.45, 7) is -0.0251. The molecule has 4 aromatic rings. The Hall–Kier alpha value is -4.79. The second-order valence-electron chi connectivity index (χ2n) is 7.40. The molecule has 0 aliphatic rings.